The first-order valence-corrected chi connectivity index (χ1v) is 7.99. The molecule has 1 aromatic rings. The van der Waals surface area contributed by atoms with Gasteiger partial charge < -0.3 is 9.57 Å². The zero-order chi connectivity index (χ0) is 16.1. The van der Waals surface area contributed by atoms with Gasteiger partial charge in [0, 0.05) is 11.4 Å². The molecule has 0 bridgehead atoms. The van der Waals surface area contributed by atoms with Crippen molar-refractivity contribution in [2.24, 2.45) is 5.16 Å². The topological polar surface area (TPSA) is 30.8 Å². The highest BCUT2D eigenvalue weighted by Crippen LogP contribution is 2.22. The lowest BCUT2D eigenvalue weighted by Crippen LogP contribution is -2.07. The fraction of sp³-hybridized carbons (Fsp3) is 0.235. The van der Waals surface area contributed by atoms with Gasteiger partial charge in [0.25, 0.3) is 0 Å². The van der Waals surface area contributed by atoms with Crippen molar-refractivity contribution in [1.29, 1.82) is 0 Å². The summed E-state index contributed by atoms with van der Waals surface area (Å²) >= 11 is 9.17. The third-order valence-electron chi connectivity index (χ3n) is 3.23. The Labute approximate surface area is 144 Å². The molecule has 0 radical (unpaired) electrons. The first kappa shape index (κ1) is 16.8. The van der Waals surface area contributed by atoms with E-state index in [-0.39, 0.29) is 6.10 Å². The van der Waals surface area contributed by atoms with Crippen molar-refractivity contribution in [3.05, 3.63) is 64.9 Å². The second-order valence-electron chi connectivity index (χ2n) is 4.97. The van der Waals surface area contributed by atoms with E-state index in [0.29, 0.717) is 11.4 Å². The van der Waals surface area contributed by atoms with E-state index < -0.39 is 0 Å². The summed E-state index contributed by atoms with van der Waals surface area (Å²) in [4.78, 5) is 5.26. The number of hydrogen-bond donors (Lipinski definition) is 0. The number of allylic oxidation sites excluding steroid dienone is 3. The Morgan fingerprint density at radius 1 is 1.36 bits per heavy atom. The molecular weight excluding hydrogens is 366 g/mol. The molecular formula is C17H17BrClNO2. The van der Waals surface area contributed by atoms with Crippen LogP contribution >= 0.6 is 27.5 Å². The molecule has 0 aliphatic carbocycles. The minimum atomic E-state index is -0.101. The maximum absolute atomic E-state index is 5.85. The maximum Gasteiger partial charge on any atom is 0.158 e. The fourth-order valence-corrected chi connectivity index (χ4v) is 2.27. The Morgan fingerprint density at radius 3 is 2.64 bits per heavy atom. The highest BCUT2D eigenvalue weighted by Gasteiger charge is 2.20. The summed E-state index contributed by atoms with van der Waals surface area (Å²) in [6.07, 6.45) is 4.50. The fourth-order valence-electron chi connectivity index (χ4n) is 1.76. The summed E-state index contributed by atoms with van der Waals surface area (Å²) in [7, 11) is 0. The summed E-state index contributed by atoms with van der Waals surface area (Å²) in [6.45, 7) is 7.91. The lowest BCUT2D eigenvalue weighted by atomic mass is 10.1. The van der Waals surface area contributed by atoms with Crippen molar-refractivity contribution in [1.82, 2.24) is 0 Å². The third-order valence-corrected chi connectivity index (χ3v) is 3.95. The molecule has 1 heterocycles. The molecule has 0 spiro atoms. The van der Waals surface area contributed by atoms with Crippen LogP contribution in [-0.4, -0.2) is 10.7 Å². The van der Waals surface area contributed by atoms with Gasteiger partial charge in [0.2, 0.25) is 0 Å². The lowest BCUT2D eigenvalue weighted by Gasteiger charge is -2.09. The summed E-state index contributed by atoms with van der Waals surface area (Å²) < 4.78 is 6.59. The molecule has 0 unspecified atom stereocenters. The number of ether oxygens (including phenoxy) is 1. The molecule has 3 nitrogen and oxygen atoms in total. The lowest BCUT2D eigenvalue weighted by molar-refractivity contribution is 0.114. The zero-order valence-electron chi connectivity index (χ0n) is 12.5. The second-order valence-corrected chi connectivity index (χ2v) is 6.32. The number of oxime groups is 1. The Bertz CT molecular complexity index is 647. The normalized spacial score (nSPS) is 18.7. The first-order valence-electron chi connectivity index (χ1n) is 6.81. The van der Waals surface area contributed by atoms with E-state index in [4.69, 9.17) is 21.2 Å². The monoisotopic (exact) mass is 381 g/mol. The maximum atomic E-state index is 5.85. The highest BCUT2D eigenvalue weighted by atomic mass is 79.9. The summed E-state index contributed by atoms with van der Waals surface area (Å²) in [5.74, 6) is 1.57. The van der Waals surface area contributed by atoms with Crippen LogP contribution in [0.4, 0.5) is 0 Å². The van der Waals surface area contributed by atoms with Gasteiger partial charge in [0.05, 0.1) is 0 Å². The standard InChI is InChI=1S/C17H17BrClNO2/c1-11(4-5-12(2)16-10-17(18)20-22-16)13(3)21-15-8-6-14(19)7-9-15/h4-9,16H,2,10H2,1,3H3/b5-4-,13-11+/t16-/m1/s1. The van der Waals surface area contributed by atoms with Crippen LogP contribution in [0.3, 0.4) is 0 Å². The van der Waals surface area contributed by atoms with Crippen LogP contribution < -0.4 is 4.74 Å². The van der Waals surface area contributed by atoms with Gasteiger partial charge in [-0.05, 0) is 65.2 Å². The third kappa shape index (κ3) is 4.75. The van der Waals surface area contributed by atoms with Crippen molar-refractivity contribution in [2.75, 3.05) is 0 Å². The molecule has 0 amide bonds. The summed E-state index contributed by atoms with van der Waals surface area (Å²) in [5.41, 5.74) is 1.88. The molecule has 2 rings (SSSR count). The average Bonchev–Trinajstić information content (AvgIpc) is 2.93. The van der Waals surface area contributed by atoms with Crippen molar-refractivity contribution in [3.63, 3.8) is 0 Å². The molecule has 0 fully saturated rings. The van der Waals surface area contributed by atoms with Crippen molar-refractivity contribution < 1.29 is 9.57 Å². The Balaban J connectivity index is 1.96. The van der Waals surface area contributed by atoms with Gasteiger partial charge in [-0.25, -0.2) is 0 Å². The van der Waals surface area contributed by atoms with Gasteiger partial charge in [-0.15, -0.1) is 0 Å². The molecule has 0 saturated carbocycles. The SMILES string of the molecule is C=C(/C=C\C(C)=C(/C)Oc1ccc(Cl)cc1)[C@H]1CC(Br)=NO1. The van der Waals surface area contributed by atoms with Crippen LogP contribution in [0.1, 0.15) is 20.3 Å². The molecule has 0 saturated heterocycles. The molecule has 116 valence electrons. The van der Waals surface area contributed by atoms with Crippen molar-refractivity contribution >= 4 is 32.2 Å². The Morgan fingerprint density at radius 2 is 2.05 bits per heavy atom. The van der Waals surface area contributed by atoms with Gasteiger partial charge >= 0.3 is 0 Å². The van der Waals surface area contributed by atoms with Gasteiger partial charge in [0.15, 0.2) is 6.10 Å². The van der Waals surface area contributed by atoms with E-state index in [0.717, 1.165) is 27.3 Å². The van der Waals surface area contributed by atoms with Crippen molar-refractivity contribution in [2.45, 2.75) is 26.4 Å². The molecule has 1 aromatic carbocycles. The van der Waals surface area contributed by atoms with Crippen LogP contribution in [0.2, 0.25) is 5.02 Å². The van der Waals surface area contributed by atoms with E-state index in [2.05, 4.69) is 27.7 Å². The van der Waals surface area contributed by atoms with Gasteiger partial charge in [-0.1, -0.05) is 35.5 Å². The van der Waals surface area contributed by atoms with E-state index in [1.807, 2.05) is 38.1 Å². The molecule has 22 heavy (non-hydrogen) atoms. The molecule has 0 aromatic heterocycles. The smallest absolute Gasteiger partial charge is 0.158 e. The molecule has 5 heteroatoms. The van der Waals surface area contributed by atoms with Gasteiger partial charge in [0.1, 0.15) is 16.1 Å². The summed E-state index contributed by atoms with van der Waals surface area (Å²) in [6, 6.07) is 7.27. The second kappa shape index (κ2) is 7.65. The minimum absolute atomic E-state index is 0.101. The highest BCUT2D eigenvalue weighted by molar-refractivity contribution is 9.18. The number of nitrogens with zero attached hydrogens (tertiary/aromatic N) is 1. The van der Waals surface area contributed by atoms with Crippen LogP contribution in [0.15, 0.2) is 65.1 Å². The Hall–Kier alpha value is -1.52. The number of halogens is 2. The van der Waals surface area contributed by atoms with Crippen LogP contribution in [-0.2, 0) is 4.84 Å². The largest absolute Gasteiger partial charge is 0.462 e. The van der Waals surface area contributed by atoms with E-state index in [1.165, 1.54) is 0 Å². The summed E-state index contributed by atoms with van der Waals surface area (Å²) in [5, 5.41) is 4.54. The number of benzene rings is 1. The Kier molecular flexibility index (Phi) is 5.86. The van der Waals surface area contributed by atoms with Gasteiger partial charge in [-0.3, -0.25) is 0 Å². The van der Waals surface area contributed by atoms with E-state index in [9.17, 15) is 0 Å². The molecule has 0 N–H and O–H groups in total. The van der Waals surface area contributed by atoms with Crippen LogP contribution in [0, 0.1) is 0 Å². The number of rotatable bonds is 5. The zero-order valence-corrected chi connectivity index (χ0v) is 14.8. The predicted octanol–water partition coefficient (Wildman–Crippen LogP) is 5.62. The van der Waals surface area contributed by atoms with E-state index in [1.54, 1.807) is 12.1 Å². The number of hydrogen-bond acceptors (Lipinski definition) is 3. The van der Waals surface area contributed by atoms with Crippen LogP contribution in [0.5, 0.6) is 5.75 Å². The van der Waals surface area contributed by atoms with E-state index >= 15 is 0 Å². The quantitative estimate of drug-likeness (QED) is 0.488. The van der Waals surface area contributed by atoms with Crippen molar-refractivity contribution in [3.8, 4) is 5.75 Å². The molecule has 1 aliphatic rings. The van der Waals surface area contributed by atoms with Gasteiger partial charge in [-0.2, -0.15) is 0 Å². The van der Waals surface area contributed by atoms with Crippen LogP contribution in [0.25, 0.3) is 0 Å². The molecule has 1 aliphatic heterocycles. The minimum Gasteiger partial charge on any atom is -0.462 e. The molecule has 1 atom stereocenters. The average molecular weight is 383 g/mol. The first-order chi connectivity index (χ1) is 10.5. The predicted molar refractivity (Wildman–Crippen MR) is 94.6 cm³/mol.